The molecule has 1 aliphatic heterocycles. The van der Waals surface area contributed by atoms with Crippen LogP contribution in [0.15, 0.2) is 30.3 Å². The molecule has 1 aromatic rings. The van der Waals surface area contributed by atoms with Crippen molar-refractivity contribution in [2.45, 2.75) is 39.2 Å². The van der Waals surface area contributed by atoms with Gasteiger partial charge in [-0.15, -0.1) is 0 Å². The summed E-state index contributed by atoms with van der Waals surface area (Å²) in [6, 6.07) is 11.6. The summed E-state index contributed by atoms with van der Waals surface area (Å²) in [5, 5.41) is 3.65. The van der Waals surface area contributed by atoms with Gasteiger partial charge in [0.1, 0.15) is 0 Å². The number of nitrogens with zero attached hydrogens (tertiary/aromatic N) is 1. The molecule has 19 heavy (non-hydrogen) atoms. The summed E-state index contributed by atoms with van der Waals surface area (Å²) in [6.45, 7) is 11.7. The third-order valence-corrected chi connectivity index (χ3v) is 4.00. The molecule has 1 heterocycles. The standard InChI is InChI=1S/C17H28N2/c1-14(2)11-17-13-19(10-9-18-17)12-15(3)16-7-5-4-6-8-16/h4-8,14-15,17-18H,9-13H2,1-3H3. The Hall–Kier alpha value is -0.860. The molecule has 1 aromatic carbocycles. The van der Waals surface area contributed by atoms with E-state index in [0.717, 1.165) is 12.5 Å². The lowest BCUT2D eigenvalue weighted by atomic mass is 9.98. The molecular weight excluding hydrogens is 232 g/mol. The van der Waals surface area contributed by atoms with Gasteiger partial charge < -0.3 is 5.32 Å². The van der Waals surface area contributed by atoms with Crippen LogP contribution in [0.2, 0.25) is 0 Å². The largest absolute Gasteiger partial charge is 0.311 e. The molecule has 0 radical (unpaired) electrons. The number of nitrogens with one attached hydrogen (secondary N) is 1. The molecule has 2 heteroatoms. The average Bonchev–Trinajstić information content (AvgIpc) is 2.39. The van der Waals surface area contributed by atoms with Gasteiger partial charge in [-0.2, -0.15) is 0 Å². The molecule has 0 aliphatic carbocycles. The first-order valence-corrected chi connectivity index (χ1v) is 7.66. The predicted molar refractivity (Wildman–Crippen MR) is 82.5 cm³/mol. The fourth-order valence-electron chi connectivity index (χ4n) is 3.06. The number of rotatable bonds is 5. The van der Waals surface area contributed by atoms with E-state index < -0.39 is 0 Å². The van der Waals surface area contributed by atoms with Gasteiger partial charge in [-0.25, -0.2) is 0 Å². The molecule has 0 aromatic heterocycles. The second-order valence-electron chi connectivity index (χ2n) is 6.35. The molecule has 2 rings (SSSR count). The molecule has 0 bridgehead atoms. The summed E-state index contributed by atoms with van der Waals surface area (Å²) in [4.78, 5) is 2.63. The van der Waals surface area contributed by atoms with E-state index in [-0.39, 0.29) is 0 Å². The summed E-state index contributed by atoms with van der Waals surface area (Å²) in [6.07, 6.45) is 1.29. The van der Waals surface area contributed by atoms with Gasteiger partial charge in [-0.05, 0) is 23.8 Å². The van der Waals surface area contributed by atoms with E-state index >= 15 is 0 Å². The van der Waals surface area contributed by atoms with Crippen LogP contribution in [-0.2, 0) is 0 Å². The van der Waals surface area contributed by atoms with Crippen molar-refractivity contribution in [1.29, 1.82) is 0 Å². The third-order valence-electron chi connectivity index (χ3n) is 4.00. The molecule has 1 fully saturated rings. The van der Waals surface area contributed by atoms with Gasteiger partial charge in [0.05, 0.1) is 0 Å². The van der Waals surface area contributed by atoms with Crippen molar-refractivity contribution in [1.82, 2.24) is 10.2 Å². The molecule has 0 saturated carbocycles. The summed E-state index contributed by atoms with van der Waals surface area (Å²) in [5.41, 5.74) is 1.46. The minimum Gasteiger partial charge on any atom is -0.311 e. The summed E-state index contributed by atoms with van der Waals surface area (Å²) in [7, 11) is 0. The molecule has 0 spiro atoms. The van der Waals surface area contributed by atoms with Crippen LogP contribution in [0, 0.1) is 5.92 Å². The Morgan fingerprint density at radius 1 is 1.21 bits per heavy atom. The highest BCUT2D eigenvalue weighted by molar-refractivity contribution is 5.19. The minimum atomic E-state index is 0.624. The second-order valence-corrected chi connectivity index (χ2v) is 6.35. The Balaban J connectivity index is 1.85. The smallest absolute Gasteiger partial charge is 0.0198 e. The van der Waals surface area contributed by atoms with E-state index in [9.17, 15) is 0 Å². The monoisotopic (exact) mass is 260 g/mol. The molecule has 106 valence electrons. The maximum absolute atomic E-state index is 3.65. The fraction of sp³-hybridized carbons (Fsp3) is 0.647. The van der Waals surface area contributed by atoms with Crippen molar-refractivity contribution in [2.75, 3.05) is 26.2 Å². The number of hydrogen-bond acceptors (Lipinski definition) is 2. The van der Waals surface area contributed by atoms with Crippen LogP contribution in [0.4, 0.5) is 0 Å². The molecule has 1 N–H and O–H groups in total. The summed E-state index contributed by atoms with van der Waals surface area (Å²) in [5.74, 6) is 1.41. The van der Waals surface area contributed by atoms with E-state index in [1.807, 2.05) is 0 Å². The van der Waals surface area contributed by atoms with Crippen LogP contribution in [0.5, 0.6) is 0 Å². The average molecular weight is 260 g/mol. The summed E-state index contributed by atoms with van der Waals surface area (Å²) >= 11 is 0. The van der Waals surface area contributed by atoms with E-state index in [2.05, 4.69) is 61.3 Å². The molecule has 2 atom stereocenters. The van der Waals surface area contributed by atoms with Crippen LogP contribution in [0.25, 0.3) is 0 Å². The molecule has 2 unspecified atom stereocenters. The van der Waals surface area contributed by atoms with E-state index in [1.54, 1.807) is 0 Å². The Morgan fingerprint density at radius 2 is 1.95 bits per heavy atom. The molecule has 1 aliphatic rings. The number of piperazine rings is 1. The maximum atomic E-state index is 3.65. The zero-order valence-electron chi connectivity index (χ0n) is 12.6. The first-order chi connectivity index (χ1) is 9.15. The lowest BCUT2D eigenvalue weighted by molar-refractivity contribution is 0.179. The van der Waals surface area contributed by atoms with Gasteiger partial charge in [0, 0.05) is 32.2 Å². The molecule has 2 nitrogen and oxygen atoms in total. The maximum Gasteiger partial charge on any atom is 0.0198 e. The Bertz CT molecular complexity index is 361. The van der Waals surface area contributed by atoms with E-state index in [4.69, 9.17) is 0 Å². The van der Waals surface area contributed by atoms with Crippen molar-refractivity contribution in [3.05, 3.63) is 35.9 Å². The van der Waals surface area contributed by atoms with Crippen LogP contribution in [0.3, 0.4) is 0 Å². The molecule has 1 saturated heterocycles. The highest BCUT2D eigenvalue weighted by atomic mass is 15.2. The van der Waals surface area contributed by atoms with Crippen LogP contribution >= 0.6 is 0 Å². The molecular formula is C17H28N2. The summed E-state index contributed by atoms with van der Waals surface area (Å²) < 4.78 is 0. The topological polar surface area (TPSA) is 15.3 Å². The zero-order valence-corrected chi connectivity index (χ0v) is 12.6. The first kappa shape index (κ1) is 14.5. The number of benzene rings is 1. The number of hydrogen-bond donors (Lipinski definition) is 1. The van der Waals surface area contributed by atoms with Gasteiger partial charge in [0.15, 0.2) is 0 Å². The van der Waals surface area contributed by atoms with Gasteiger partial charge in [0.2, 0.25) is 0 Å². The lowest BCUT2D eigenvalue weighted by Crippen LogP contribution is -2.51. The zero-order chi connectivity index (χ0) is 13.7. The normalized spacial score (nSPS) is 22.6. The minimum absolute atomic E-state index is 0.624. The fourth-order valence-corrected chi connectivity index (χ4v) is 3.06. The van der Waals surface area contributed by atoms with Gasteiger partial charge >= 0.3 is 0 Å². The van der Waals surface area contributed by atoms with Crippen LogP contribution in [-0.4, -0.2) is 37.1 Å². The Morgan fingerprint density at radius 3 is 2.63 bits per heavy atom. The van der Waals surface area contributed by atoms with E-state index in [0.29, 0.717) is 12.0 Å². The second kappa shape index (κ2) is 7.06. The van der Waals surface area contributed by atoms with Crippen LogP contribution < -0.4 is 5.32 Å². The predicted octanol–water partition coefficient (Wildman–Crippen LogP) is 3.11. The quantitative estimate of drug-likeness (QED) is 0.875. The lowest BCUT2D eigenvalue weighted by Gasteiger charge is -2.36. The SMILES string of the molecule is CC(C)CC1CN(CC(C)c2ccccc2)CCN1. The highest BCUT2D eigenvalue weighted by Crippen LogP contribution is 2.18. The Labute approximate surface area is 118 Å². The molecule has 0 amide bonds. The van der Waals surface area contributed by atoms with Crippen molar-refractivity contribution in [2.24, 2.45) is 5.92 Å². The van der Waals surface area contributed by atoms with Crippen LogP contribution in [0.1, 0.15) is 38.7 Å². The van der Waals surface area contributed by atoms with E-state index in [1.165, 1.54) is 31.6 Å². The first-order valence-electron chi connectivity index (χ1n) is 7.66. The Kier molecular flexibility index (Phi) is 5.41. The van der Waals surface area contributed by atoms with Crippen molar-refractivity contribution in [3.63, 3.8) is 0 Å². The van der Waals surface area contributed by atoms with Gasteiger partial charge in [-0.1, -0.05) is 51.1 Å². The van der Waals surface area contributed by atoms with Crippen molar-refractivity contribution in [3.8, 4) is 0 Å². The van der Waals surface area contributed by atoms with Gasteiger partial charge in [-0.3, -0.25) is 4.90 Å². The van der Waals surface area contributed by atoms with Crippen molar-refractivity contribution < 1.29 is 0 Å². The third kappa shape index (κ3) is 4.63. The highest BCUT2D eigenvalue weighted by Gasteiger charge is 2.21. The van der Waals surface area contributed by atoms with Gasteiger partial charge in [0.25, 0.3) is 0 Å². The van der Waals surface area contributed by atoms with Crippen molar-refractivity contribution >= 4 is 0 Å².